The largest absolute Gasteiger partial charge is 0.455 e. The molecular formula is C21H27NO3S. The molecule has 0 saturated heterocycles. The lowest BCUT2D eigenvalue weighted by molar-refractivity contribution is 0.0861. The minimum Gasteiger partial charge on any atom is -0.455 e. The van der Waals surface area contributed by atoms with Gasteiger partial charge in [-0.2, -0.15) is 0 Å². The molecule has 0 radical (unpaired) electrons. The van der Waals surface area contributed by atoms with Gasteiger partial charge in [-0.25, -0.2) is 0 Å². The van der Waals surface area contributed by atoms with E-state index in [1.807, 2.05) is 31.2 Å². The van der Waals surface area contributed by atoms with E-state index in [4.69, 9.17) is 4.42 Å². The first-order valence-corrected chi connectivity index (χ1v) is 10.6. The van der Waals surface area contributed by atoms with E-state index in [0.29, 0.717) is 23.4 Å². The number of nitrogens with one attached hydrogen (secondary N) is 1. The van der Waals surface area contributed by atoms with E-state index in [1.54, 1.807) is 12.1 Å². The first kappa shape index (κ1) is 18.9. The lowest BCUT2D eigenvalue weighted by atomic mass is 9.78. The van der Waals surface area contributed by atoms with Crippen LogP contribution in [0.2, 0.25) is 0 Å². The Bertz CT molecular complexity index is 781. The molecule has 4 nitrogen and oxygen atoms in total. The van der Waals surface area contributed by atoms with Crippen molar-refractivity contribution in [1.29, 1.82) is 0 Å². The number of aryl methyl sites for hydroxylation is 1. The highest BCUT2D eigenvalue weighted by Gasteiger charge is 2.29. The molecule has 1 saturated carbocycles. The molecule has 26 heavy (non-hydrogen) atoms. The topological polar surface area (TPSA) is 59.3 Å². The van der Waals surface area contributed by atoms with Gasteiger partial charge in [-0.15, -0.1) is 0 Å². The molecule has 2 aromatic rings. The van der Waals surface area contributed by atoms with Crippen molar-refractivity contribution in [3.8, 4) is 0 Å². The van der Waals surface area contributed by atoms with Crippen molar-refractivity contribution in [2.75, 3.05) is 0 Å². The van der Waals surface area contributed by atoms with Crippen LogP contribution in [0.1, 0.15) is 55.0 Å². The predicted octanol–water partition coefficient (Wildman–Crippen LogP) is 4.45. The van der Waals surface area contributed by atoms with Crippen LogP contribution in [0, 0.1) is 18.8 Å². The third kappa shape index (κ3) is 4.44. The van der Waals surface area contributed by atoms with Crippen LogP contribution in [0.5, 0.6) is 0 Å². The van der Waals surface area contributed by atoms with E-state index in [0.717, 1.165) is 23.3 Å². The van der Waals surface area contributed by atoms with Crippen LogP contribution >= 0.6 is 0 Å². The van der Waals surface area contributed by atoms with Gasteiger partial charge >= 0.3 is 0 Å². The Kier molecular flexibility index (Phi) is 5.97. The fraction of sp³-hybridized carbons (Fsp3) is 0.476. The predicted molar refractivity (Wildman–Crippen MR) is 103 cm³/mol. The molecule has 1 heterocycles. The molecule has 5 heteroatoms. The maximum absolute atomic E-state index is 12.5. The zero-order valence-electron chi connectivity index (χ0n) is 15.7. The average molecular weight is 374 g/mol. The number of hydrogen-bond acceptors (Lipinski definition) is 3. The van der Waals surface area contributed by atoms with Crippen molar-refractivity contribution >= 4 is 16.7 Å². The SMILES string of the molecule is Cc1ccc(S(=O)Cc2ccc(C(=O)NC3CCCC(C)C3C)o2)cc1. The molecule has 3 rings (SSSR count). The zero-order valence-corrected chi connectivity index (χ0v) is 16.5. The van der Waals surface area contributed by atoms with Gasteiger partial charge in [0.25, 0.3) is 5.91 Å². The highest BCUT2D eigenvalue weighted by Crippen LogP contribution is 2.29. The molecule has 1 fully saturated rings. The summed E-state index contributed by atoms with van der Waals surface area (Å²) in [6.45, 7) is 6.44. The molecule has 4 unspecified atom stereocenters. The van der Waals surface area contributed by atoms with Crippen molar-refractivity contribution in [2.24, 2.45) is 11.8 Å². The van der Waals surface area contributed by atoms with Gasteiger partial charge in [0.2, 0.25) is 0 Å². The Hall–Kier alpha value is -1.88. The van der Waals surface area contributed by atoms with Crippen molar-refractivity contribution in [1.82, 2.24) is 5.32 Å². The van der Waals surface area contributed by atoms with E-state index >= 15 is 0 Å². The van der Waals surface area contributed by atoms with E-state index in [1.165, 1.54) is 6.42 Å². The molecule has 140 valence electrons. The number of rotatable bonds is 5. The van der Waals surface area contributed by atoms with Gasteiger partial charge in [0.05, 0.1) is 16.6 Å². The summed E-state index contributed by atoms with van der Waals surface area (Å²) in [4.78, 5) is 13.3. The van der Waals surface area contributed by atoms with Crippen LogP contribution in [0.15, 0.2) is 45.7 Å². The first-order chi connectivity index (χ1) is 12.4. The van der Waals surface area contributed by atoms with E-state index in [-0.39, 0.29) is 17.7 Å². The Morgan fingerprint density at radius 2 is 1.88 bits per heavy atom. The van der Waals surface area contributed by atoms with Crippen molar-refractivity contribution in [3.05, 3.63) is 53.5 Å². The molecule has 1 N–H and O–H groups in total. The van der Waals surface area contributed by atoms with Crippen LogP contribution < -0.4 is 5.32 Å². The smallest absolute Gasteiger partial charge is 0.287 e. The van der Waals surface area contributed by atoms with Gasteiger partial charge in [0, 0.05) is 10.9 Å². The Morgan fingerprint density at radius 3 is 2.62 bits per heavy atom. The van der Waals surface area contributed by atoms with E-state index < -0.39 is 10.8 Å². The van der Waals surface area contributed by atoms with Crippen LogP contribution in [-0.2, 0) is 16.6 Å². The molecular weight excluding hydrogens is 346 g/mol. The second-order valence-corrected chi connectivity index (χ2v) is 8.87. The summed E-state index contributed by atoms with van der Waals surface area (Å²) in [5, 5.41) is 3.11. The highest BCUT2D eigenvalue weighted by atomic mass is 32.2. The Labute approximate surface area is 157 Å². The van der Waals surface area contributed by atoms with Gasteiger partial charge < -0.3 is 9.73 Å². The highest BCUT2D eigenvalue weighted by molar-refractivity contribution is 7.84. The minimum atomic E-state index is -1.18. The maximum Gasteiger partial charge on any atom is 0.287 e. The average Bonchev–Trinajstić information content (AvgIpc) is 3.08. The van der Waals surface area contributed by atoms with Crippen LogP contribution in [0.25, 0.3) is 0 Å². The molecule has 1 amide bonds. The summed E-state index contributed by atoms with van der Waals surface area (Å²) in [5.74, 6) is 2.05. The minimum absolute atomic E-state index is 0.177. The molecule has 0 spiro atoms. The number of furan rings is 1. The van der Waals surface area contributed by atoms with Gasteiger partial charge in [-0.05, 0) is 49.4 Å². The van der Waals surface area contributed by atoms with Gasteiger partial charge in [-0.3, -0.25) is 9.00 Å². The molecule has 1 aliphatic carbocycles. The van der Waals surface area contributed by atoms with Crippen molar-refractivity contribution in [3.63, 3.8) is 0 Å². The molecule has 0 bridgehead atoms. The monoisotopic (exact) mass is 373 g/mol. The molecule has 1 aromatic carbocycles. The summed E-state index contributed by atoms with van der Waals surface area (Å²) in [7, 11) is -1.18. The van der Waals surface area contributed by atoms with E-state index in [2.05, 4.69) is 19.2 Å². The Balaban J connectivity index is 1.61. The quantitative estimate of drug-likeness (QED) is 0.842. The lowest BCUT2D eigenvalue weighted by Crippen LogP contribution is -2.43. The number of carbonyl (C=O) groups excluding carboxylic acids is 1. The van der Waals surface area contributed by atoms with Crippen molar-refractivity contribution < 1.29 is 13.4 Å². The fourth-order valence-corrected chi connectivity index (χ4v) is 4.53. The number of benzene rings is 1. The van der Waals surface area contributed by atoms with Gasteiger partial charge in [0.15, 0.2) is 5.76 Å². The normalized spacial score (nSPS) is 24.2. The lowest BCUT2D eigenvalue weighted by Gasteiger charge is -2.34. The number of amides is 1. The fourth-order valence-electron chi connectivity index (χ4n) is 3.51. The molecule has 4 atom stereocenters. The number of hydrogen-bond donors (Lipinski definition) is 1. The summed E-state index contributed by atoms with van der Waals surface area (Å²) < 4.78 is 18.1. The zero-order chi connectivity index (χ0) is 18.7. The first-order valence-electron chi connectivity index (χ1n) is 9.28. The summed E-state index contributed by atoms with van der Waals surface area (Å²) >= 11 is 0. The van der Waals surface area contributed by atoms with Gasteiger partial charge in [-0.1, -0.05) is 44.4 Å². The van der Waals surface area contributed by atoms with Crippen LogP contribution in [0.3, 0.4) is 0 Å². The van der Waals surface area contributed by atoms with E-state index in [9.17, 15) is 9.00 Å². The second-order valence-electron chi connectivity index (χ2n) is 7.42. The number of carbonyl (C=O) groups is 1. The summed E-state index contributed by atoms with van der Waals surface area (Å²) in [6, 6.07) is 11.2. The summed E-state index contributed by atoms with van der Waals surface area (Å²) in [6.07, 6.45) is 3.39. The summed E-state index contributed by atoms with van der Waals surface area (Å²) in [5.41, 5.74) is 1.13. The van der Waals surface area contributed by atoms with Crippen molar-refractivity contribution in [2.45, 2.75) is 56.7 Å². The molecule has 0 aliphatic heterocycles. The third-order valence-corrected chi connectivity index (χ3v) is 6.81. The molecule has 1 aromatic heterocycles. The third-order valence-electron chi connectivity index (χ3n) is 5.47. The maximum atomic E-state index is 12.5. The standard InChI is InChI=1S/C21H27NO3S/c1-14-7-10-18(11-8-14)26(24)13-17-9-12-20(25-17)21(23)22-19-6-4-5-15(2)16(19)3/h7-12,15-16,19H,4-6,13H2,1-3H3,(H,22,23). The van der Waals surface area contributed by atoms with Crippen LogP contribution in [-0.4, -0.2) is 16.2 Å². The second kappa shape index (κ2) is 8.21. The Morgan fingerprint density at radius 1 is 1.15 bits per heavy atom. The van der Waals surface area contributed by atoms with Gasteiger partial charge in [0.1, 0.15) is 5.76 Å². The van der Waals surface area contributed by atoms with Crippen LogP contribution in [0.4, 0.5) is 0 Å². The molecule has 1 aliphatic rings.